The highest BCUT2D eigenvalue weighted by Gasteiger charge is 2.27. The number of nitrogens with zero attached hydrogens (tertiary/aromatic N) is 7. The standard InChI is InChI=1S/C42H44N8O9/c1-2-3-19-39-43-37-18-11-17-36(40(37)48(39)27-30-20-22-31(23-21-30)34-15-7-8-16-35(34)41-44-46-47-45-41)38(51)26-32(25-29-12-5-4-6-13-29)42(52)57-24-10-9-14-33(59-50(55)56)28-58-49(53)54/h4-8,11-13,15-18,20-23,32-33H,2-3,9-10,14,19,24-28H2,1H3,(H,44,45,46,47). The number of esters is 1. The lowest BCUT2D eigenvalue weighted by Gasteiger charge is -2.17. The summed E-state index contributed by atoms with van der Waals surface area (Å²) in [6.45, 7) is 1.96. The van der Waals surface area contributed by atoms with Crippen LogP contribution >= 0.6 is 0 Å². The van der Waals surface area contributed by atoms with Crippen molar-refractivity contribution in [3.63, 3.8) is 0 Å². The van der Waals surface area contributed by atoms with E-state index >= 15 is 0 Å². The smallest absolute Gasteiger partial charge is 0.309 e. The number of para-hydroxylation sites is 1. The van der Waals surface area contributed by atoms with Crippen molar-refractivity contribution in [2.24, 2.45) is 5.92 Å². The molecule has 17 nitrogen and oxygen atoms in total. The second-order valence-corrected chi connectivity index (χ2v) is 14.0. The highest BCUT2D eigenvalue weighted by Crippen LogP contribution is 2.31. The first kappa shape index (κ1) is 41.6. The summed E-state index contributed by atoms with van der Waals surface area (Å²) in [5, 5.41) is 33.8. The second-order valence-electron chi connectivity index (χ2n) is 14.0. The highest BCUT2D eigenvalue weighted by atomic mass is 17.0. The zero-order chi connectivity index (χ0) is 41.6. The van der Waals surface area contributed by atoms with Crippen LogP contribution in [0.3, 0.4) is 0 Å². The Kier molecular flexibility index (Phi) is 14.4. The zero-order valence-electron chi connectivity index (χ0n) is 32.5. The van der Waals surface area contributed by atoms with Crippen molar-refractivity contribution in [3.05, 3.63) is 140 Å². The van der Waals surface area contributed by atoms with Crippen molar-refractivity contribution in [2.45, 2.75) is 70.9 Å². The fourth-order valence-corrected chi connectivity index (χ4v) is 7.00. The number of carbonyl (C=O) groups is 2. The Hall–Kier alpha value is -7.04. The summed E-state index contributed by atoms with van der Waals surface area (Å²) in [6.07, 6.45) is 2.27. The molecule has 0 bridgehead atoms. The number of benzene rings is 4. The minimum absolute atomic E-state index is 0.0236. The molecule has 0 saturated heterocycles. The third-order valence-electron chi connectivity index (χ3n) is 9.87. The van der Waals surface area contributed by atoms with Crippen molar-refractivity contribution in [2.75, 3.05) is 13.2 Å². The van der Waals surface area contributed by atoms with Crippen LogP contribution in [-0.4, -0.2) is 71.4 Å². The number of hydrogen-bond acceptors (Lipinski definition) is 13. The highest BCUT2D eigenvalue weighted by molar-refractivity contribution is 6.07. The van der Waals surface area contributed by atoms with Crippen LogP contribution in [0.15, 0.2) is 97.1 Å². The molecule has 0 aliphatic carbocycles. The van der Waals surface area contributed by atoms with E-state index in [4.69, 9.17) is 9.72 Å². The molecule has 2 unspecified atom stereocenters. The summed E-state index contributed by atoms with van der Waals surface area (Å²) >= 11 is 0. The fraction of sp³-hybridized carbons (Fsp3) is 0.333. The Morgan fingerprint density at radius 1 is 0.847 bits per heavy atom. The van der Waals surface area contributed by atoms with E-state index in [1.54, 1.807) is 6.07 Å². The van der Waals surface area contributed by atoms with Gasteiger partial charge in [-0.1, -0.05) is 98.3 Å². The maximum atomic E-state index is 14.4. The van der Waals surface area contributed by atoms with E-state index in [9.17, 15) is 29.8 Å². The van der Waals surface area contributed by atoms with Crippen molar-refractivity contribution < 1.29 is 34.2 Å². The molecular formula is C42H44N8O9. The molecule has 0 radical (unpaired) electrons. The number of fused-ring (bicyclic) bond motifs is 1. The minimum atomic E-state index is -1.15. The van der Waals surface area contributed by atoms with E-state index in [0.717, 1.165) is 52.9 Å². The summed E-state index contributed by atoms with van der Waals surface area (Å²) < 4.78 is 7.76. The fourth-order valence-electron chi connectivity index (χ4n) is 7.00. The molecule has 0 aliphatic rings. The SMILES string of the molecule is CCCCc1nc2cccc(C(=O)CC(Cc3ccccc3)C(=O)OCCCCC(CO[N+](=O)[O-])O[N+](=O)[O-])c2n1Cc1ccc(-c2ccccc2-c2nn[nH]n2)cc1. The quantitative estimate of drug-likeness (QED) is 0.0223. The van der Waals surface area contributed by atoms with Crippen LogP contribution in [0.2, 0.25) is 0 Å². The Morgan fingerprint density at radius 3 is 2.32 bits per heavy atom. The van der Waals surface area contributed by atoms with Crippen molar-refractivity contribution >= 4 is 22.8 Å². The molecule has 17 heteroatoms. The average molecular weight is 805 g/mol. The van der Waals surface area contributed by atoms with Gasteiger partial charge in [-0.25, -0.2) is 4.98 Å². The number of H-pyrrole nitrogens is 1. The van der Waals surface area contributed by atoms with Crippen LogP contribution in [0.5, 0.6) is 0 Å². The van der Waals surface area contributed by atoms with Crippen LogP contribution in [0, 0.1) is 26.1 Å². The molecule has 0 saturated carbocycles. The molecule has 0 aliphatic heterocycles. The Labute approximate surface area is 338 Å². The number of imidazole rings is 1. The first-order valence-electron chi connectivity index (χ1n) is 19.4. The van der Waals surface area contributed by atoms with Crippen LogP contribution in [-0.2, 0) is 38.6 Å². The molecule has 59 heavy (non-hydrogen) atoms. The average Bonchev–Trinajstić information content (AvgIpc) is 3.90. The molecule has 6 aromatic rings. The lowest BCUT2D eigenvalue weighted by molar-refractivity contribution is -0.790. The van der Waals surface area contributed by atoms with Crippen molar-refractivity contribution in [1.82, 2.24) is 30.2 Å². The number of hydrogen-bond donors (Lipinski definition) is 1. The van der Waals surface area contributed by atoms with Gasteiger partial charge in [-0.2, -0.15) is 5.21 Å². The van der Waals surface area contributed by atoms with E-state index < -0.39 is 34.8 Å². The summed E-state index contributed by atoms with van der Waals surface area (Å²) in [7, 11) is 0. The number of carbonyl (C=O) groups excluding carboxylic acids is 2. The van der Waals surface area contributed by atoms with Crippen molar-refractivity contribution in [1.29, 1.82) is 0 Å². The van der Waals surface area contributed by atoms with E-state index in [1.165, 1.54) is 0 Å². The minimum Gasteiger partial charge on any atom is -0.465 e. The number of tetrazole rings is 1. The number of aromatic nitrogens is 6. The first-order chi connectivity index (χ1) is 28.7. The third-order valence-corrected chi connectivity index (χ3v) is 9.87. The number of unbranched alkanes of at least 4 members (excludes halogenated alkanes) is 2. The number of ketones is 1. The van der Waals surface area contributed by atoms with Crippen LogP contribution in [0.1, 0.15) is 72.8 Å². The van der Waals surface area contributed by atoms with Gasteiger partial charge in [0.15, 0.2) is 5.78 Å². The molecule has 4 aromatic carbocycles. The Bertz CT molecular complexity index is 2330. The zero-order valence-corrected chi connectivity index (χ0v) is 32.5. The number of rotatable bonds is 23. The van der Waals surface area contributed by atoms with Gasteiger partial charge in [0.2, 0.25) is 5.82 Å². The van der Waals surface area contributed by atoms with Gasteiger partial charge in [0.1, 0.15) is 18.5 Å². The number of aryl methyl sites for hydroxylation is 1. The summed E-state index contributed by atoms with van der Waals surface area (Å²) in [5.74, 6) is -0.219. The monoisotopic (exact) mass is 804 g/mol. The van der Waals surface area contributed by atoms with E-state index in [2.05, 4.69) is 66.1 Å². The topological polar surface area (TPSA) is 220 Å². The lowest BCUT2D eigenvalue weighted by atomic mass is 9.91. The summed E-state index contributed by atoms with van der Waals surface area (Å²) in [4.78, 5) is 63.1. The molecule has 1 N–H and O–H groups in total. The Morgan fingerprint density at radius 2 is 1.61 bits per heavy atom. The first-order valence-corrected chi connectivity index (χ1v) is 19.4. The van der Waals surface area contributed by atoms with E-state index in [0.29, 0.717) is 41.8 Å². The van der Waals surface area contributed by atoms with Gasteiger partial charge in [0.25, 0.3) is 10.2 Å². The molecule has 2 aromatic heterocycles. The van der Waals surface area contributed by atoms with E-state index in [1.807, 2.05) is 66.7 Å². The van der Waals surface area contributed by atoms with Gasteiger partial charge in [0.05, 0.1) is 23.6 Å². The number of nitrogens with one attached hydrogen (secondary N) is 1. The van der Waals surface area contributed by atoms with Gasteiger partial charge in [0, 0.05) is 30.5 Å². The molecule has 6 rings (SSSR count). The van der Waals surface area contributed by atoms with Crippen LogP contribution in [0.25, 0.3) is 33.5 Å². The summed E-state index contributed by atoms with van der Waals surface area (Å²) in [6, 6.07) is 30.9. The normalized spacial score (nSPS) is 12.2. The van der Waals surface area contributed by atoms with E-state index in [-0.39, 0.29) is 31.7 Å². The van der Waals surface area contributed by atoms with Gasteiger partial charge < -0.3 is 19.0 Å². The lowest BCUT2D eigenvalue weighted by Crippen LogP contribution is -2.25. The molecule has 0 amide bonds. The third kappa shape index (κ3) is 11.3. The summed E-state index contributed by atoms with van der Waals surface area (Å²) in [5.41, 5.74) is 6.53. The van der Waals surface area contributed by atoms with Gasteiger partial charge in [-0.15, -0.1) is 30.4 Å². The van der Waals surface area contributed by atoms with Gasteiger partial charge in [-0.05, 0) is 71.7 Å². The van der Waals surface area contributed by atoms with Crippen molar-refractivity contribution in [3.8, 4) is 22.5 Å². The predicted octanol–water partition coefficient (Wildman–Crippen LogP) is 7.20. The maximum Gasteiger partial charge on any atom is 0.309 e. The number of Topliss-reactive ketones (excluding diaryl/α,β-unsaturated/α-hetero) is 1. The molecular weight excluding hydrogens is 761 g/mol. The number of aromatic amines is 1. The molecule has 2 atom stereocenters. The molecule has 306 valence electrons. The van der Waals surface area contributed by atoms with Gasteiger partial charge >= 0.3 is 5.97 Å². The predicted molar refractivity (Wildman–Crippen MR) is 215 cm³/mol. The Balaban J connectivity index is 1.20. The van der Waals surface area contributed by atoms with Gasteiger partial charge in [-0.3, -0.25) is 9.59 Å². The van der Waals surface area contributed by atoms with Crippen LogP contribution < -0.4 is 0 Å². The second kappa shape index (κ2) is 20.4. The van der Waals surface area contributed by atoms with Crippen LogP contribution in [0.4, 0.5) is 0 Å². The molecule has 2 heterocycles. The molecule has 0 fully saturated rings. The largest absolute Gasteiger partial charge is 0.465 e. The molecule has 0 spiro atoms. The maximum absolute atomic E-state index is 14.4. The number of ether oxygens (including phenoxy) is 1.